The summed E-state index contributed by atoms with van der Waals surface area (Å²) in [4.78, 5) is 1.22. The van der Waals surface area contributed by atoms with E-state index in [2.05, 4.69) is 72.0 Å². The van der Waals surface area contributed by atoms with Gasteiger partial charge < -0.3 is 10.1 Å². The van der Waals surface area contributed by atoms with Crippen LogP contribution < -0.4 is 14.6 Å². The van der Waals surface area contributed by atoms with E-state index in [-0.39, 0.29) is 0 Å². The van der Waals surface area contributed by atoms with Crippen LogP contribution in [0.5, 0.6) is 5.75 Å². The highest BCUT2D eigenvalue weighted by Crippen LogP contribution is 2.41. The van der Waals surface area contributed by atoms with Crippen LogP contribution in [0.15, 0.2) is 107 Å². The topological polar surface area (TPSA) is 25.1 Å². The van der Waals surface area contributed by atoms with Crippen LogP contribution >= 0.6 is 23.1 Å². The molecule has 0 aliphatic heterocycles. The number of rotatable bonds is 8. The minimum atomic E-state index is 0.470. The second-order valence-corrected chi connectivity index (χ2v) is 8.93. The summed E-state index contributed by atoms with van der Waals surface area (Å²) in [6.45, 7) is 4.22. The number of para-hydroxylation sites is 2. The van der Waals surface area contributed by atoms with Gasteiger partial charge in [0.05, 0.1) is 5.69 Å². The van der Waals surface area contributed by atoms with E-state index >= 15 is 0 Å². The van der Waals surface area contributed by atoms with E-state index in [0.29, 0.717) is 6.61 Å². The summed E-state index contributed by atoms with van der Waals surface area (Å²) in [6.07, 6.45) is 1.76. The van der Waals surface area contributed by atoms with Crippen molar-refractivity contribution in [1.82, 2.24) is 0 Å². The van der Waals surface area contributed by atoms with Crippen LogP contribution in [-0.2, 0) is 7.05 Å². The van der Waals surface area contributed by atoms with E-state index in [1.165, 1.54) is 14.8 Å². The van der Waals surface area contributed by atoms with E-state index in [1.807, 2.05) is 36.4 Å². The Morgan fingerprint density at radius 3 is 2.37 bits per heavy atom. The SMILES string of the molecule is C=CCOc1ccccc1Nc1sc(Sc2ccccc2)[n+](C)c1-c1ccccc1. The zero-order valence-corrected chi connectivity index (χ0v) is 18.4. The van der Waals surface area contributed by atoms with Gasteiger partial charge in [0.1, 0.15) is 19.4 Å². The molecule has 0 unspecified atom stereocenters. The highest BCUT2D eigenvalue weighted by molar-refractivity contribution is 8.01. The standard InChI is InChI=1S/C25H23N2OS2/c1-3-18-28-22-17-11-10-16-21(22)26-24-23(19-12-6-4-7-13-19)27(2)25(30-24)29-20-14-8-5-9-15-20/h3-17,26H,1,18H2,2H3/q+1. The van der Waals surface area contributed by atoms with Crippen LogP contribution in [0.25, 0.3) is 11.3 Å². The lowest BCUT2D eigenvalue weighted by Gasteiger charge is -2.11. The molecule has 4 rings (SSSR count). The summed E-state index contributed by atoms with van der Waals surface area (Å²) >= 11 is 3.51. The van der Waals surface area contributed by atoms with Crippen molar-refractivity contribution in [3.63, 3.8) is 0 Å². The van der Waals surface area contributed by atoms with Crippen molar-refractivity contribution in [3.05, 3.63) is 97.6 Å². The third kappa shape index (κ3) is 4.58. The van der Waals surface area contributed by atoms with Crippen LogP contribution in [0.2, 0.25) is 0 Å². The number of nitrogens with zero attached hydrogens (tertiary/aromatic N) is 1. The summed E-state index contributed by atoms with van der Waals surface area (Å²) in [5, 5.41) is 4.70. The van der Waals surface area contributed by atoms with Gasteiger partial charge in [-0.25, -0.2) is 0 Å². The smallest absolute Gasteiger partial charge is 0.304 e. The van der Waals surface area contributed by atoms with Gasteiger partial charge in [0.25, 0.3) is 0 Å². The maximum absolute atomic E-state index is 5.85. The summed E-state index contributed by atoms with van der Waals surface area (Å²) < 4.78 is 9.31. The molecule has 0 saturated carbocycles. The van der Waals surface area contributed by atoms with Gasteiger partial charge in [0.2, 0.25) is 5.69 Å². The number of benzene rings is 3. The Labute approximate surface area is 185 Å². The Morgan fingerprint density at radius 1 is 0.967 bits per heavy atom. The molecule has 4 aromatic rings. The second kappa shape index (κ2) is 9.65. The predicted molar refractivity (Wildman–Crippen MR) is 127 cm³/mol. The minimum Gasteiger partial charge on any atom is -0.487 e. The number of hydrogen-bond donors (Lipinski definition) is 1. The third-order valence-corrected chi connectivity index (χ3v) is 6.91. The normalized spacial score (nSPS) is 10.6. The van der Waals surface area contributed by atoms with Crippen molar-refractivity contribution in [2.45, 2.75) is 9.24 Å². The molecule has 0 spiro atoms. The molecule has 0 saturated heterocycles. The first-order valence-electron chi connectivity index (χ1n) is 9.67. The summed E-state index contributed by atoms with van der Waals surface area (Å²) in [5.74, 6) is 0.810. The van der Waals surface area contributed by atoms with Crippen molar-refractivity contribution < 1.29 is 9.30 Å². The maximum atomic E-state index is 5.85. The fourth-order valence-electron chi connectivity index (χ4n) is 3.10. The average Bonchev–Trinajstić information content (AvgIpc) is 3.09. The van der Waals surface area contributed by atoms with E-state index in [0.717, 1.165) is 22.1 Å². The molecule has 150 valence electrons. The maximum Gasteiger partial charge on any atom is 0.304 e. The lowest BCUT2D eigenvalue weighted by Crippen LogP contribution is -2.30. The first-order valence-corrected chi connectivity index (χ1v) is 11.3. The summed E-state index contributed by atoms with van der Waals surface area (Å²) in [6, 6.07) is 28.9. The number of anilines is 2. The Morgan fingerprint density at radius 2 is 1.63 bits per heavy atom. The molecule has 1 N–H and O–H groups in total. The number of aromatic nitrogens is 1. The van der Waals surface area contributed by atoms with Gasteiger partial charge in [-0.3, -0.25) is 0 Å². The Hall–Kier alpha value is -3.02. The van der Waals surface area contributed by atoms with Crippen LogP contribution in [-0.4, -0.2) is 6.61 Å². The number of ether oxygens (including phenoxy) is 1. The summed E-state index contributed by atoms with van der Waals surface area (Å²) in [5.41, 5.74) is 3.26. The van der Waals surface area contributed by atoms with Gasteiger partial charge >= 0.3 is 4.34 Å². The van der Waals surface area contributed by atoms with Crippen LogP contribution in [0.3, 0.4) is 0 Å². The number of hydrogen-bond acceptors (Lipinski definition) is 4. The van der Waals surface area contributed by atoms with Gasteiger partial charge in [0, 0.05) is 10.5 Å². The van der Waals surface area contributed by atoms with Gasteiger partial charge in [0.15, 0.2) is 5.00 Å². The molecule has 0 radical (unpaired) electrons. The molecule has 0 amide bonds. The molecular weight excluding hydrogens is 408 g/mol. The molecule has 3 nitrogen and oxygen atoms in total. The molecule has 1 aromatic heterocycles. The van der Waals surface area contributed by atoms with Gasteiger partial charge in [-0.05, 0) is 59.5 Å². The van der Waals surface area contributed by atoms with Crippen LogP contribution in [0.4, 0.5) is 10.7 Å². The van der Waals surface area contributed by atoms with Gasteiger partial charge in [-0.1, -0.05) is 61.2 Å². The second-order valence-electron chi connectivity index (χ2n) is 6.61. The fraction of sp³-hybridized carbons (Fsp3) is 0.0800. The zero-order valence-electron chi connectivity index (χ0n) is 16.7. The molecule has 0 aliphatic carbocycles. The highest BCUT2D eigenvalue weighted by atomic mass is 32.2. The highest BCUT2D eigenvalue weighted by Gasteiger charge is 2.26. The van der Waals surface area contributed by atoms with Gasteiger partial charge in [-0.15, -0.1) is 0 Å². The molecule has 5 heteroatoms. The van der Waals surface area contributed by atoms with Crippen molar-refractivity contribution in [1.29, 1.82) is 0 Å². The predicted octanol–water partition coefficient (Wildman–Crippen LogP) is 6.70. The lowest BCUT2D eigenvalue weighted by atomic mass is 10.1. The average molecular weight is 432 g/mol. The molecule has 0 fully saturated rings. The Kier molecular flexibility index (Phi) is 6.52. The number of nitrogens with one attached hydrogen (secondary N) is 1. The van der Waals surface area contributed by atoms with E-state index in [1.54, 1.807) is 29.2 Å². The third-order valence-electron chi connectivity index (χ3n) is 4.50. The quantitative estimate of drug-likeness (QED) is 0.248. The first kappa shape index (κ1) is 20.3. The molecule has 30 heavy (non-hydrogen) atoms. The lowest BCUT2D eigenvalue weighted by molar-refractivity contribution is -0.691. The zero-order chi connectivity index (χ0) is 20.8. The fourth-order valence-corrected chi connectivity index (χ4v) is 5.44. The summed E-state index contributed by atoms with van der Waals surface area (Å²) in [7, 11) is 2.12. The molecule has 0 atom stereocenters. The Balaban J connectivity index is 1.75. The van der Waals surface area contributed by atoms with Crippen LogP contribution in [0, 0.1) is 0 Å². The van der Waals surface area contributed by atoms with E-state index < -0.39 is 0 Å². The van der Waals surface area contributed by atoms with Crippen LogP contribution in [0.1, 0.15) is 0 Å². The van der Waals surface area contributed by atoms with Crippen molar-refractivity contribution in [2.24, 2.45) is 7.05 Å². The van der Waals surface area contributed by atoms with Crippen molar-refractivity contribution >= 4 is 33.8 Å². The first-order chi connectivity index (χ1) is 14.8. The van der Waals surface area contributed by atoms with Gasteiger partial charge in [-0.2, -0.15) is 4.57 Å². The van der Waals surface area contributed by atoms with E-state index in [4.69, 9.17) is 4.74 Å². The van der Waals surface area contributed by atoms with E-state index in [9.17, 15) is 0 Å². The molecule has 0 bridgehead atoms. The molecule has 1 heterocycles. The Bertz CT molecular complexity index is 1120. The van der Waals surface area contributed by atoms with Crippen molar-refractivity contribution in [3.8, 4) is 17.0 Å². The monoisotopic (exact) mass is 431 g/mol. The minimum absolute atomic E-state index is 0.470. The molecule has 3 aromatic carbocycles. The molecular formula is C25H23N2OS2+. The molecule has 0 aliphatic rings. The van der Waals surface area contributed by atoms with Crippen molar-refractivity contribution in [2.75, 3.05) is 11.9 Å². The largest absolute Gasteiger partial charge is 0.487 e. The number of thiazole rings is 1.